The highest BCUT2D eigenvalue weighted by Gasteiger charge is 2.07. The lowest BCUT2D eigenvalue weighted by Gasteiger charge is -2.09. The molecule has 0 aromatic heterocycles. The van der Waals surface area contributed by atoms with Crippen LogP contribution in [-0.2, 0) is 4.79 Å². The zero-order valence-corrected chi connectivity index (χ0v) is 10.8. The van der Waals surface area contributed by atoms with E-state index in [0.29, 0.717) is 10.2 Å². The summed E-state index contributed by atoms with van der Waals surface area (Å²) in [5, 5.41) is 11.4. The van der Waals surface area contributed by atoms with E-state index in [4.69, 9.17) is 9.84 Å². The van der Waals surface area contributed by atoms with Crippen LogP contribution in [0.5, 0.6) is 5.75 Å². The Morgan fingerprint density at radius 2 is 2.35 bits per heavy atom. The van der Waals surface area contributed by atoms with E-state index in [1.54, 1.807) is 6.92 Å². The Hall–Kier alpha value is -1.14. The molecule has 1 atom stereocenters. The van der Waals surface area contributed by atoms with Gasteiger partial charge in [-0.05, 0) is 41.1 Å². The van der Waals surface area contributed by atoms with Crippen LogP contribution in [0.2, 0.25) is 0 Å². The van der Waals surface area contributed by atoms with Gasteiger partial charge in [-0.25, -0.2) is 4.39 Å². The van der Waals surface area contributed by atoms with Gasteiger partial charge in [-0.15, -0.1) is 0 Å². The highest BCUT2D eigenvalue weighted by molar-refractivity contribution is 9.10. The summed E-state index contributed by atoms with van der Waals surface area (Å²) in [6, 6.07) is 3.93. The molecule has 0 heterocycles. The van der Waals surface area contributed by atoms with Crippen LogP contribution in [0.4, 0.5) is 4.39 Å². The number of hydrogen-bond acceptors (Lipinski definition) is 3. The summed E-state index contributed by atoms with van der Waals surface area (Å²) in [7, 11) is 0. The molecule has 17 heavy (non-hydrogen) atoms. The maximum absolute atomic E-state index is 12.8. The quantitative estimate of drug-likeness (QED) is 0.866. The number of carbonyl (C=O) groups excluding carboxylic acids is 1. The summed E-state index contributed by atoms with van der Waals surface area (Å²) < 4.78 is 18.4. The fourth-order valence-corrected chi connectivity index (χ4v) is 1.51. The summed E-state index contributed by atoms with van der Waals surface area (Å²) in [5.74, 6) is -0.344. The van der Waals surface area contributed by atoms with Crippen LogP contribution in [-0.4, -0.2) is 30.3 Å². The van der Waals surface area contributed by atoms with Crippen LogP contribution in [0.15, 0.2) is 22.7 Å². The SMILES string of the molecule is CC(O)CNC(=O)COc1ccc(F)cc1Br. The Balaban J connectivity index is 2.42. The number of benzene rings is 1. The maximum atomic E-state index is 12.8. The minimum Gasteiger partial charge on any atom is -0.483 e. The van der Waals surface area contributed by atoms with E-state index in [0.717, 1.165) is 0 Å². The second kappa shape index (κ2) is 6.56. The molecular weight excluding hydrogens is 293 g/mol. The van der Waals surface area contributed by atoms with Crippen molar-refractivity contribution in [2.45, 2.75) is 13.0 Å². The average Bonchev–Trinajstić information content (AvgIpc) is 2.25. The summed E-state index contributed by atoms with van der Waals surface area (Å²) in [6.07, 6.45) is -0.600. The third-order valence-corrected chi connectivity index (χ3v) is 2.47. The lowest BCUT2D eigenvalue weighted by molar-refractivity contribution is -0.123. The first-order valence-electron chi connectivity index (χ1n) is 5.01. The van der Waals surface area contributed by atoms with Crippen molar-refractivity contribution < 1.29 is 19.0 Å². The van der Waals surface area contributed by atoms with E-state index in [1.807, 2.05) is 0 Å². The van der Waals surface area contributed by atoms with Gasteiger partial charge in [0.25, 0.3) is 5.91 Å². The molecule has 1 aromatic rings. The normalized spacial score (nSPS) is 12.0. The van der Waals surface area contributed by atoms with Crippen LogP contribution in [0, 0.1) is 5.82 Å². The standard InChI is InChI=1S/C11H13BrFNO3/c1-7(15)5-14-11(16)6-17-10-3-2-8(13)4-9(10)12/h2-4,7,15H,5-6H2,1H3,(H,14,16). The number of hydrogen-bond donors (Lipinski definition) is 2. The van der Waals surface area contributed by atoms with Crippen molar-refractivity contribution in [3.8, 4) is 5.75 Å². The number of aliphatic hydroxyl groups excluding tert-OH is 1. The van der Waals surface area contributed by atoms with Crippen molar-refractivity contribution in [1.82, 2.24) is 5.32 Å². The van der Waals surface area contributed by atoms with E-state index in [1.165, 1.54) is 18.2 Å². The number of ether oxygens (including phenoxy) is 1. The van der Waals surface area contributed by atoms with Gasteiger partial charge in [-0.3, -0.25) is 4.79 Å². The van der Waals surface area contributed by atoms with Crippen molar-refractivity contribution >= 4 is 21.8 Å². The molecule has 1 amide bonds. The molecule has 1 unspecified atom stereocenters. The molecule has 2 N–H and O–H groups in total. The lowest BCUT2D eigenvalue weighted by atomic mass is 10.3. The van der Waals surface area contributed by atoms with E-state index in [-0.39, 0.29) is 24.9 Å². The van der Waals surface area contributed by atoms with Gasteiger partial charge in [0.15, 0.2) is 6.61 Å². The monoisotopic (exact) mass is 305 g/mol. The molecule has 0 aliphatic rings. The smallest absolute Gasteiger partial charge is 0.258 e. The fourth-order valence-electron chi connectivity index (χ4n) is 1.05. The number of nitrogens with one attached hydrogen (secondary N) is 1. The molecule has 0 bridgehead atoms. The Morgan fingerprint density at radius 1 is 1.65 bits per heavy atom. The highest BCUT2D eigenvalue weighted by Crippen LogP contribution is 2.25. The molecule has 0 saturated carbocycles. The molecule has 0 spiro atoms. The zero-order chi connectivity index (χ0) is 12.8. The molecule has 4 nitrogen and oxygen atoms in total. The molecule has 0 aliphatic heterocycles. The van der Waals surface area contributed by atoms with Crippen molar-refractivity contribution in [2.75, 3.05) is 13.2 Å². The Bertz CT molecular complexity index is 398. The van der Waals surface area contributed by atoms with Gasteiger partial charge in [-0.1, -0.05) is 0 Å². The average molecular weight is 306 g/mol. The van der Waals surface area contributed by atoms with Crippen LogP contribution >= 0.6 is 15.9 Å². The van der Waals surface area contributed by atoms with E-state index in [9.17, 15) is 9.18 Å². The molecule has 94 valence electrons. The number of amides is 1. The minimum absolute atomic E-state index is 0.173. The molecular formula is C11H13BrFNO3. The third-order valence-electron chi connectivity index (χ3n) is 1.85. The summed E-state index contributed by atoms with van der Waals surface area (Å²) >= 11 is 3.12. The molecule has 0 radical (unpaired) electrons. The van der Waals surface area contributed by atoms with Gasteiger partial charge in [0.1, 0.15) is 11.6 Å². The maximum Gasteiger partial charge on any atom is 0.258 e. The fraction of sp³-hybridized carbons (Fsp3) is 0.364. The summed E-state index contributed by atoms with van der Waals surface area (Å²) in [5.41, 5.74) is 0. The largest absolute Gasteiger partial charge is 0.483 e. The Morgan fingerprint density at radius 3 is 2.94 bits per heavy atom. The first kappa shape index (κ1) is 13.9. The number of halogens is 2. The zero-order valence-electron chi connectivity index (χ0n) is 9.24. The Labute approximate surface area is 107 Å². The topological polar surface area (TPSA) is 58.6 Å². The van der Waals surface area contributed by atoms with Crippen LogP contribution in [0.3, 0.4) is 0 Å². The van der Waals surface area contributed by atoms with Gasteiger partial charge < -0.3 is 15.2 Å². The van der Waals surface area contributed by atoms with Gasteiger partial charge in [0.2, 0.25) is 0 Å². The predicted molar refractivity (Wildman–Crippen MR) is 64.3 cm³/mol. The van der Waals surface area contributed by atoms with Gasteiger partial charge in [0, 0.05) is 6.54 Å². The van der Waals surface area contributed by atoms with Crippen molar-refractivity contribution in [1.29, 1.82) is 0 Å². The predicted octanol–water partition coefficient (Wildman–Crippen LogP) is 1.46. The molecule has 1 rings (SSSR count). The van der Waals surface area contributed by atoms with Crippen LogP contribution < -0.4 is 10.1 Å². The first-order valence-corrected chi connectivity index (χ1v) is 5.81. The van der Waals surface area contributed by atoms with Crippen molar-refractivity contribution in [3.05, 3.63) is 28.5 Å². The highest BCUT2D eigenvalue weighted by atomic mass is 79.9. The lowest BCUT2D eigenvalue weighted by Crippen LogP contribution is -2.34. The van der Waals surface area contributed by atoms with Crippen molar-refractivity contribution in [2.24, 2.45) is 0 Å². The van der Waals surface area contributed by atoms with Crippen molar-refractivity contribution in [3.63, 3.8) is 0 Å². The molecule has 6 heteroatoms. The molecule has 1 aromatic carbocycles. The Kier molecular flexibility index (Phi) is 5.37. The van der Waals surface area contributed by atoms with E-state index >= 15 is 0 Å². The van der Waals surface area contributed by atoms with Crippen LogP contribution in [0.25, 0.3) is 0 Å². The number of carbonyl (C=O) groups is 1. The minimum atomic E-state index is -0.600. The van der Waals surface area contributed by atoms with Gasteiger partial charge in [-0.2, -0.15) is 0 Å². The first-order chi connectivity index (χ1) is 7.99. The molecule has 0 aliphatic carbocycles. The third kappa shape index (κ3) is 5.14. The second-order valence-electron chi connectivity index (χ2n) is 3.52. The van der Waals surface area contributed by atoms with E-state index < -0.39 is 6.10 Å². The van der Waals surface area contributed by atoms with Gasteiger partial charge in [0.05, 0.1) is 10.6 Å². The van der Waals surface area contributed by atoms with Gasteiger partial charge >= 0.3 is 0 Å². The van der Waals surface area contributed by atoms with E-state index in [2.05, 4.69) is 21.2 Å². The summed E-state index contributed by atoms with van der Waals surface area (Å²) in [6.45, 7) is 1.56. The molecule has 0 fully saturated rings. The number of rotatable bonds is 5. The second-order valence-corrected chi connectivity index (χ2v) is 4.37. The molecule has 0 saturated heterocycles. The van der Waals surface area contributed by atoms with Crippen LogP contribution in [0.1, 0.15) is 6.92 Å². The summed E-state index contributed by atoms with van der Waals surface area (Å²) in [4.78, 5) is 11.3. The number of aliphatic hydroxyl groups is 1.